The van der Waals surface area contributed by atoms with Crippen molar-refractivity contribution in [3.8, 4) is 0 Å². The molecular formula is C17H20FN. The van der Waals surface area contributed by atoms with Crippen LogP contribution in [-0.4, -0.2) is 6.04 Å². The number of nitrogens with one attached hydrogen (secondary N) is 1. The van der Waals surface area contributed by atoms with Crippen LogP contribution in [0.15, 0.2) is 54.6 Å². The third-order valence-electron chi connectivity index (χ3n) is 3.32. The van der Waals surface area contributed by atoms with Crippen molar-refractivity contribution >= 4 is 0 Å². The molecule has 0 saturated heterocycles. The first-order valence-corrected chi connectivity index (χ1v) is 6.71. The summed E-state index contributed by atoms with van der Waals surface area (Å²) in [5, 5.41) is 3.51. The third kappa shape index (κ3) is 3.90. The fourth-order valence-electron chi connectivity index (χ4n) is 2.32. The van der Waals surface area contributed by atoms with Crippen molar-refractivity contribution in [1.82, 2.24) is 5.32 Å². The zero-order valence-electron chi connectivity index (χ0n) is 11.4. The van der Waals surface area contributed by atoms with Gasteiger partial charge in [0.2, 0.25) is 0 Å². The average Bonchev–Trinajstić information content (AvgIpc) is 2.42. The van der Waals surface area contributed by atoms with E-state index in [-0.39, 0.29) is 17.9 Å². The number of hydrogen-bond acceptors (Lipinski definition) is 1. The van der Waals surface area contributed by atoms with Crippen LogP contribution in [0.2, 0.25) is 0 Å². The molecule has 0 fully saturated rings. The van der Waals surface area contributed by atoms with Gasteiger partial charge in [0, 0.05) is 12.1 Å². The summed E-state index contributed by atoms with van der Waals surface area (Å²) < 4.78 is 13.6. The van der Waals surface area contributed by atoms with Gasteiger partial charge in [-0.3, -0.25) is 0 Å². The maximum atomic E-state index is 13.6. The molecule has 0 aliphatic carbocycles. The Hall–Kier alpha value is -1.67. The van der Waals surface area contributed by atoms with Gasteiger partial charge in [0.25, 0.3) is 0 Å². The molecule has 2 aromatic carbocycles. The predicted octanol–water partition coefficient (Wildman–Crippen LogP) is 4.11. The highest BCUT2D eigenvalue weighted by Gasteiger charge is 2.11. The van der Waals surface area contributed by atoms with Crippen molar-refractivity contribution in [3.63, 3.8) is 0 Å². The molecule has 0 aromatic heterocycles. The maximum absolute atomic E-state index is 13.6. The van der Waals surface area contributed by atoms with Gasteiger partial charge in [-0.25, -0.2) is 4.39 Å². The smallest absolute Gasteiger partial charge is 0.126 e. The van der Waals surface area contributed by atoms with E-state index in [1.165, 1.54) is 11.6 Å². The quantitative estimate of drug-likeness (QED) is 0.850. The highest BCUT2D eigenvalue weighted by Crippen LogP contribution is 2.14. The largest absolute Gasteiger partial charge is 0.307 e. The van der Waals surface area contributed by atoms with Gasteiger partial charge in [0.1, 0.15) is 5.82 Å². The summed E-state index contributed by atoms with van der Waals surface area (Å²) in [7, 11) is 0. The Morgan fingerprint density at radius 1 is 0.947 bits per heavy atom. The SMILES string of the molecule is CC(Cc1ccccc1F)NC(C)c1ccccc1. The molecule has 0 aliphatic rings. The molecule has 2 unspecified atom stereocenters. The second-order valence-electron chi connectivity index (χ2n) is 5.00. The first-order chi connectivity index (χ1) is 9.16. The molecule has 0 amide bonds. The highest BCUT2D eigenvalue weighted by molar-refractivity contribution is 5.20. The van der Waals surface area contributed by atoms with Gasteiger partial charge >= 0.3 is 0 Å². The molecule has 0 aliphatic heterocycles. The minimum Gasteiger partial charge on any atom is -0.307 e. The van der Waals surface area contributed by atoms with E-state index in [4.69, 9.17) is 0 Å². The van der Waals surface area contributed by atoms with Crippen LogP contribution in [0.25, 0.3) is 0 Å². The normalized spacial score (nSPS) is 14.1. The molecule has 0 radical (unpaired) electrons. The number of benzene rings is 2. The summed E-state index contributed by atoms with van der Waals surface area (Å²) in [6.45, 7) is 4.22. The molecule has 100 valence electrons. The second-order valence-corrected chi connectivity index (χ2v) is 5.00. The molecule has 2 atom stereocenters. The summed E-state index contributed by atoms with van der Waals surface area (Å²) in [4.78, 5) is 0. The number of halogens is 1. The Bertz CT molecular complexity index is 510. The summed E-state index contributed by atoms with van der Waals surface area (Å²) in [6, 6.07) is 17.8. The first-order valence-electron chi connectivity index (χ1n) is 6.71. The van der Waals surface area contributed by atoms with Crippen LogP contribution >= 0.6 is 0 Å². The Morgan fingerprint density at radius 2 is 1.58 bits per heavy atom. The van der Waals surface area contributed by atoms with E-state index in [1.807, 2.05) is 30.3 Å². The summed E-state index contributed by atoms with van der Waals surface area (Å²) in [5.74, 6) is -0.122. The van der Waals surface area contributed by atoms with Gasteiger partial charge in [0.15, 0.2) is 0 Å². The summed E-state index contributed by atoms with van der Waals surface area (Å²) in [5.41, 5.74) is 2.02. The van der Waals surface area contributed by atoms with E-state index in [0.717, 1.165) is 5.56 Å². The molecule has 0 spiro atoms. The van der Waals surface area contributed by atoms with E-state index in [9.17, 15) is 4.39 Å². The van der Waals surface area contributed by atoms with Crippen LogP contribution in [-0.2, 0) is 6.42 Å². The lowest BCUT2D eigenvalue weighted by atomic mass is 10.0. The second kappa shape index (κ2) is 6.48. The molecule has 1 N–H and O–H groups in total. The van der Waals surface area contributed by atoms with Gasteiger partial charge in [-0.2, -0.15) is 0 Å². The molecule has 0 bridgehead atoms. The summed E-state index contributed by atoms with van der Waals surface area (Å²) >= 11 is 0. The topological polar surface area (TPSA) is 12.0 Å². The van der Waals surface area contributed by atoms with Crippen molar-refractivity contribution in [2.24, 2.45) is 0 Å². The van der Waals surface area contributed by atoms with Crippen molar-refractivity contribution < 1.29 is 4.39 Å². The van der Waals surface area contributed by atoms with Crippen LogP contribution in [0.5, 0.6) is 0 Å². The molecule has 0 saturated carbocycles. The molecule has 1 nitrogen and oxygen atoms in total. The molecule has 2 heteroatoms. The minimum absolute atomic E-state index is 0.122. The number of hydrogen-bond donors (Lipinski definition) is 1. The van der Waals surface area contributed by atoms with Crippen molar-refractivity contribution in [2.45, 2.75) is 32.4 Å². The van der Waals surface area contributed by atoms with Crippen molar-refractivity contribution in [3.05, 3.63) is 71.5 Å². The Kier molecular flexibility index (Phi) is 4.69. The first kappa shape index (κ1) is 13.8. The maximum Gasteiger partial charge on any atom is 0.126 e. The van der Waals surface area contributed by atoms with Crippen molar-refractivity contribution in [2.75, 3.05) is 0 Å². The molecular weight excluding hydrogens is 237 g/mol. The third-order valence-corrected chi connectivity index (χ3v) is 3.32. The Morgan fingerprint density at radius 3 is 2.26 bits per heavy atom. The van der Waals surface area contributed by atoms with Crippen LogP contribution in [0.3, 0.4) is 0 Å². The molecule has 2 aromatic rings. The van der Waals surface area contributed by atoms with E-state index in [2.05, 4.69) is 31.3 Å². The lowest BCUT2D eigenvalue weighted by molar-refractivity contribution is 0.469. The lowest BCUT2D eigenvalue weighted by Gasteiger charge is -2.20. The molecule has 19 heavy (non-hydrogen) atoms. The predicted molar refractivity (Wildman–Crippen MR) is 77.6 cm³/mol. The zero-order chi connectivity index (χ0) is 13.7. The van der Waals surface area contributed by atoms with Gasteiger partial charge < -0.3 is 5.32 Å². The average molecular weight is 257 g/mol. The standard InChI is InChI=1S/C17H20FN/c1-13(12-16-10-6-7-11-17(16)18)19-14(2)15-8-4-3-5-9-15/h3-11,13-14,19H,12H2,1-2H3. The lowest BCUT2D eigenvalue weighted by Crippen LogP contribution is -2.30. The minimum atomic E-state index is -0.122. The zero-order valence-corrected chi connectivity index (χ0v) is 11.4. The van der Waals surface area contributed by atoms with Gasteiger partial charge in [-0.15, -0.1) is 0 Å². The van der Waals surface area contributed by atoms with Crippen LogP contribution in [0, 0.1) is 5.82 Å². The van der Waals surface area contributed by atoms with Crippen LogP contribution in [0.1, 0.15) is 31.0 Å². The van der Waals surface area contributed by atoms with Crippen LogP contribution in [0.4, 0.5) is 4.39 Å². The van der Waals surface area contributed by atoms with Gasteiger partial charge in [-0.1, -0.05) is 48.5 Å². The monoisotopic (exact) mass is 257 g/mol. The fraction of sp³-hybridized carbons (Fsp3) is 0.294. The molecule has 0 heterocycles. The molecule has 2 rings (SSSR count). The summed E-state index contributed by atoms with van der Waals surface area (Å²) in [6.07, 6.45) is 0.698. The van der Waals surface area contributed by atoms with E-state index in [1.54, 1.807) is 6.07 Å². The van der Waals surface area contributed by atoms with Crippen LogP contribution < -0.4 is 5.32 Å². The fourth-order valence-corrected chi connectivity index (χ4v) is 2.32. The van der Waals surface area contributed by atoms with Crippen molar-refractivity contribution in [1.29, 1.82) is 0 Å². The Balaban J connectivity index is 1.95. The number of rotatable bonds is 5. The highest BCUT2D eigenvalue weighted by atomic mass is 19.1. The van der Waals surface area contributed by atoms with Gasteiger partial charge in [0.05, 0.1) is 0 Å². The Labute approximate surface area is 114 Å². The van der Waals surface area contributed by atoms with E-state index < -0.39 is 0 Å². The van der Waals surface area contributed by atoms with Gasteiger partial charge in [-0.05, 0) is 37.5 Å². The van der Waals surface area contributed by atoms with E-state index >= 15 is 0 Å². The van der Waals surface area contributed by atoms with E-state index in [0.29, 0.717) is 6.42 Å².